The molecular weight excluding hydrogens is 346 g/mol. The lowest BCUT2D eigenvalue weighted by Crippen LogP contribution is -2.32. The van der Waals surface area contributed by atoms with Gasteiger partial charge in [0.1, 0.15) is 6.61 Å². The van der Waals surface area contributed by atoms with Gasteiger partial charge in [0, 0.05) is 31.3 Å². The van der Waals surface area contributed by atoms with Crippen LogP contribution in [0.2, 0.25) is 0 Å². The smallest absolute Gasteiger partial charge is 0.302 e. The predicted octanol–water partition coefficient (Wildman–Crippen LogP) is 3.42. The SMILES string of the molecule is CCOC(=S)SC(CCN(C(C)=O)c1ccccc1)COC(C)=O. The fourth-order valence-electron chi connectivity index (χ4n) is 2.02. The first-order valence-corrected chi connectivity index (χ1v) is 9.02. The van der Waals surface area contributed by atoms with Crippen molar-refractivity contribution in [3.05, 3.63) is 30.3 Å². The number of amides is 1. The second-order valence-electron chi connectivity index (χ2n) is 5.02. The van der Waals surface area contributed by atoms with Gasteiger partial charge in [-0.3, -0.25) is 9.59 Å². The van der Waals surface area contributed by atoms with Gasteiger partial charge in [-0.1, -0.05) is 30.0 Å². The van der Waals surface area contributed by atoms with Crippen LogP contribution in [0.25, 0.3) is 0 Å². The van der Waals surface area contributed by atoms with Crippen LogP contribution in [0.1, 0.15) is 27.2 Å². The van der Waals surface area contributed by atoms with Crippen molar-refractivity contribution in [1.82, 2.24) is 0 Å². The van der Waals surface area contributed by atoms with Crippen LogP contribution in [0.15, 0.2) is 30.3 Å². The second kappa shape index (κ2) is 11.0. The van der Waals surface area contributed by atoms with E-state index in [2.05, 4.69) is 0 Å². The van der Waals surface area contributed by atoms with E-state index < -0.39 is 0 Å². The van der Waals surface area contributed by atoms with Gasteiger partial charge in [0.05, 0.1) is 6.61 Å². The van der Waals surface area contributed by atoms with E-state index in [1.165, 1.54) is 25.6 Å². The van der Waals surface area contributed by atoms with Gasteiger partial charge in [0.2, 0.25) is 10.3 Å². The van der Waals surface area contributed by atoms with Crippen molar-refractivity contribution in [3.63, 3.8) is 0 Å². The summed E-state index contributed by atoms with van der Waals surface area (Å²) >= 11 is 6.51. The highest BCUT2D eigenvalue weighted by molar-refractivity contribution is 8.23. The Kier molecular flexibility index (Phi) is 9.41. The molecule has 1 unspecified atom stereocenters. The lowest BCUT2D eigenvalue weighted by molar-refractivity contribution is -0.140. The molecule has 0 heterocycles. The maximum absolute atomic E-state index is 11.9. The van der Waals surface area contributed by atoms with Crippen molar-refractivity contribution < 1.29 is 19.1 Å². The number of para-hydroxylation sites is 1. The standard InChI is InChI=1S/C17H23NO4S2/c1-4-21-17(23)24-16(12-22-14(3)20)10-11-18(13(2)19)15-8-6-5-7-9-15/h5-9,16H,4,10-12H2,1-3H3. The molecule has 7 heteroatoms. The molecule has 0 fully saturated rings. The minimum absolute atomic E-state index is 0.0372. The molecule has 0 aromatic heterocycles. The number of esters is 1. The van der Waals surface area contributed by atoms with Crippen molar-refractivity contribution >= 4 is 45.9 Å². The molecule has 24 heavy (non-hydrogen) atoms. The Balaban J connectivity index is 2.70. The number of thiocarbonyl (C=S) groups is 1. The summed E-state index contributed by atoms with van der Waals surface area (Å²) in [6.07, 6.45) is 0.625. The molecule has 0 saturated carbocycles. The van der Waals surface area contributed by atoms with Crippen molar-refractivity contribution in [3.8, 4) is 0 Å². The normalized spacial score (nSPS) is 11.5. The molecule has 0 aliphatic rings. The molecule has 1 amide bonds. The molecule has 1 aromatic rings. The Bertz CT molecular complexity index is 551. The second-order valence-corrected chi connectivity index (χ2v) is 6.92. The van der Waals surface area contributed by atoms with Crippen molar-refractivity contribution in [1.29, 1.82) is 0 Å². The number of ether oxygens (including phenoxy) is 2. The summed E-state index contributed by atoms with van der Waals surface area (Å²) in [7, 11) is 0. The van der Waals surface area contributed by atoms with Crippen LogP contribution in [0.4, 0.5) is 5.69 Å². The first-order chi connectivity index (χ1) is 11.4. The predicted molar refractivity (Wildman–Crippen MR) is 101 cm³/mol. The van der Waals surface area contributed by atoms with E-state index in [9.17, 15) is 9.59 Å². The van der Waals surface area contributed by atoms with Gasteiger partial charge in [-0.2, -0.15) is 0 Å². The van der Waals surface area contributed by atoms with E-state index in [1.54, 1.807) is 4.90 Å². The Morgan fingerprint density at radius 3 is 2.42 bits per heavy atom. The number of carbonyl (C=O) groups is 2. The molecule has 0 bridgehead atoms. The molecule has 1 aromatic carbocycles. The quantitative estimate of drug-likeness (QED) is 0.517. The molecule has 132 valence electrons. The zero-order valence-corrected chi connectivity index (χ0v) is 15.8. The number of anilines is 1. The van der Waals surface area contributed by atoms with Gasteiger partial charge in [-0.15, -0.1) is 0 Å². The molecule has 0 N–H and O–H groups in total. The van der Waals surface area contributed by atoms with Crippen LogP contribution in [-0.2, 0) is 19.1 Å². The maximum atomic E-state index is 11.9. The van der Waals surface area contributed by atoms with Crippen LogP contribution in [-0.4, -0.2) is 41.3 Å². The van der Waals surface area contributed by atoms with Gasteiger partial charge in [-0.25, -0.2) is 0 Å². The molecule has 0 spiro atoms. The van der Waals surface area contributed by atoms with Crippen molar-refractivity contribution in [2.24, 2.45) is 0 Å². The van der Waals surface area contributed by atoms with Crippen LogP contribution < -0.4 is 4.90 Å². The first kappa shape index (κ1) is 20.4. The largest absolute Gasteiger partial charge is 0.479 e. The molecule has 0 aliphatic heterocycles. The third-order valence-corrected chi connectivity index (χ3v) is 4.54. The number of nitrogens with zero attached hydrogens (tertiary/aromatic N) is 1. The number of thioether (sulfide) groups is 1. The Hall–Kier alpha value is -1.60. The van der Waals surface area contributed by atoms with Crippen LogP contribution >= 0.6 is 24.0 Å². The highest BCUT2D eigenvalue weighted by Gasteiger charge is 2.19. The number of carbonyl (C=O) groups excluding carboxylic acids is 2. The number of hydrogen-bond acceptors (Lipinski definition) is 6. The van der Waals surface area contributed by atoms with Crippen LogP contribution in [0.5, 0.6) is 0 Å². The Morgan fingerprint density at radius 2 is 1.88 bits per heavy atom. The van der Waals surface area contributed by atoms with Gasteiger partial charge >= 0.3 is 5.97 Å². The summed E-state index contributed by atoms with van der Waals surface area (Å²) in [4.78, 5) is 24.7. The van der Waals surface area contributed by atoms with Crippen LogP contribution in [0, 0.1) is 0 Å². The topological polar surface area (TPSA) is 55.8 Å². The highest BCUT2D eigenvalue weighted by Crippen LogP contribution is 2.21. The van der Waals surface area contributed by atoms with E-state index in [0.29, 0.717) is 24.0 Å². The molecule has 0 radical (unpaired) electrons. The Morgan fingerprint density at radius 1 is 1.21 bits per heavy atom. The van der Waals surface area contributed by atoms with E-state index in [-0.39, 0.29) is 23.7 Å². The minimum atomic E-state index is -0.339. The Labute approximate surface area is 152 Å². The van der Waals surface area contributed by atoms with E-state index in [1.807, 2.05) is 37.3 Å². The van der Waals surface area contributed by atoms with E-state index >= 15 is 0 Å². The maximum Gasteiger partial charge on any atom is 0.302 e. The summed E-state index contributed by atoms with van der Waals surface area (Å²) in [5, 5.41) is -0.0708. The summed E-state index contributed by atoms with van der Waals surface area (Å²) in [5.41, 5.74) is 0.841. The molecular formula is C17H23NO4S2. The monoisotopic (exact) mass is 369 g/mol. The van der Waals surface area contributed by atoms with E-state index in [4.69, 9.17) is 21.7 Å². The number of hydrogen-bond donors (Lipinski definition) is 0. The number of benzene rings is 1. The van der Waals surface area contributed by atoms with Gasteiger partial charge in [0.15, 0.2) is 0 Å². The van der Waals surface area contributed by atoms with Crippen molar-refractivity contribution in [2.45, 2.75) is 32.4 Å². The van der Waals surface area contributed by atoms with Gasteiger partial charge in [0.25, 0.3) is 0 Å². The molecule has 5 nitrogen and oxygen atoms in total. The number of rotatable bonds is 8. The zero-order valence-electron chi connectivity index (χ0n) is 14.2. The highest BCUT2D eigenvalue weighted by atomic mass is 32.2. The molecule has 0 saturated heterocycles. The molecule has 1 atom stereocenters. The third-order valence-electron chi connectivity index (χ3n) is 3.12. The molecule has 1 rings (SSSR count). The summed E-state index contributed by atoms with van der Waals surface area (Å²) in [6, 6.07) is 9.46. The fourth-order valence-corrected chi connectivity index (χ4v) is 3.37. The van der Waals surface area contributed by atoms with E-state index in [0.717, 1.165) is 5.69 Å². The first-order valence-electron chi connectivity index (χ1n) is 7.74. The summed E-state index contributed by atoms with van der Waals surface area (Å²) in [6.45, 7) is 6.00. The lowest BCUT2D eigenvalue weighted by atomic mass is 10.2. The molecule has 0 aliphatic carbocycles. The van der Waals surface area contributed by atoms with Crippen molar-refractivity contribution in [2.75, 3.05) is 24.7 Å². The summed E-state index contributed by atoms with van der Waals surface area (Å²) in [5.74, 6) is -0.376. The van der Waals surface area contributed by atoms with Gasteiger partial charge in [-0.05, 0) is 37.7 Å². The summed E-state index contributed by atoms with van der Waals surface area (Å²) < 4.78 is 10.8. The minimum Gasteiger partial charge on any atom is -0.479 e. The zero-order chi connectivity index (χ0) is 17.9. The van der Waals surface area contributed by atoms with Gasteiger partial charge < -0.3 is 14.4 Å². The lowest BCUT2D eigenvalue weighted by Gasteiger charge is -2.24. The fraction of sp³-hybridized carbons (Fsp3) is 0.471. The van der Waals surface area contributed by atoms with Crippen LogP contribution in [0.3, 0.4) is 0 Å². The average Bonchev–Trinajstić information content (AvgIpc) is 2.53. The average molecular weight is 370 g/mol. The third kappa shape index (κ3) is 7.79.